The van der Waals surface area contributed by atoms with Gasteiger partial charge in [-0.15, -0.1) is 0 Å². The number of rotatable bonds is 11. The van der Waals surface area contributed by atoms with Crippen molar-refractivity contribution >= 4 is 38.2 Å². The highest BCUT2D eigenvalue weighted by molar-refractivity contribution is 7.92. The van der Waals surface area contributed by atoms with Crippen LogP contribution in [0, 0.1) is 0 Å². The van der Waals surface area contributed by atoms with Crippen molar-refractivity contribution < 1.29 is 37.3 Å². The zero-order valence-electron chi connectivity index (χ0n) is 21.1. The van der Waals surface area contributed by atoms with E-state index in [0.29, 0.717) is 40.7 Å². The van der Waals surface area contributed by atoms with Crippen molar-refractivity contribution in [2.75, 3.05) is 12.4 Å². The Bertz CT molecular complexity index is 1630. The fourth-order valence-corrected chi connectivity index (χ4v) is 6.15. The molecule has 0 spiro atoms. The number of amides is 1. The summed E-state index contributed by atoms with van der Waals surface area (Å²) < 4.78 is 42.3. The average Bonchev–Trinajstić information content (AvgIpc) is 3.74. The molecule has 1 aliphatic rings. The molecule has 1 aliphatic carbocycles. The Hall–Kier alpha value is -4.42. The fraction of sp³-hybridized carbons (Fsp3) is 0.179. The number of nitrogens with zero attached hydrogens (tertiary/aromatic N) is 1. The smallest absolute Gasteiger partial charge is 0.335 e. The molecule has 0 aliphatic heterocycles. The third-order valence-corrected chi connectivity index (χ3v) is 9.11. The molecule has 1 saturated carbocycles. The van der Waals surface area contributed by atoms with E-state index >= 15 is 0 Å². The van der Waals surface area contributed by atoms with Crippen molar-refractivity contribution in [1.29, 1.82) is 0 Å². The number of thiazole rings is 1. The van der Waals surface area contributed by atoms with Crippen LogP contribution in [-0.4, -0.2) is 42.7 Å². The SMILES string of the molecule is COc1cccc(OC(C(=O)Nc2ncc(Oc3ccc(C(=O)O)cc3)s2)c2ccc(S(=O)(=O)C3CC3)cc2)c1. The second-order valence-electron chi connectivity index (χ2n) is 8.90. The van der Waals surface area contributed by atoms with Crippen LogP contribution >= 0.6 is 11.3 Å². The number of nitrogens with one attached hydrogen (secondary N) is 1. The lowest BCUT2D eigenvalue weighted by atomic mass is 10.1. The lowest BCUT2D eigenvalue weighted by molar-refractivity contribution is -0.123. The Balaban J connectivity index is 1.35. The number of benzene rings is 3. The molecule has 12 heteroatoms. The van der Waals surface area contributed by atoms with Gasteiger partial charge in [0.15, 0.2) is 15.0 Å². The lowest BCUT2D eigenvalue weighted by Gasteiger charge is -2.19. The molecule has 206 valence electrons. The van der Waals surface area contributed by atoms with Crippen LogP contribution in [0.4, 0.5) is 5.13 Å². The first-order chi connectivity index (χ1) is 19.2. The first-order valence-corrected chi connectivity index (χ1v) is 14.5. The molecule has 1 unspecified atom stereocenters. The van der Waals surface area contributed by atoms with E-state index in [1.807, 2.05) is 0 Å². The van der Waals surface area contributed by atoms with Crippen LogP contribution in [0.1, 0.15) is 34.9 Å². The molecule has 1 aromatic heterocycles. The van der Waals surface area contributed by atoms with E-state index in [9.17, 15) is 18.0 Å². The van der Waals surface area contributed by atoms with Gasteiger partial charge in [0.25, 0.3) is 5.91 Å². The van der Waals surface area contributed by atoms with E-state index in [1.54, 1.807) is 36.4 Å². The van der Waals surface area contributed by atoms with Gasteiger partial charge in [0.1, 0.15) is 17.2 Å². The molecular formula is C28H24N2O8S2. The van der Waals surface area contributed by atoms with Gasteiger partial charge in [0.05, 0.1) is 29.0 Å². The number of aromatic carboxylic acids is 1. The molecule has 3 aromatic carbocycles. The molecule has 0 saturated heterocycles. The normalized spacial score (nSPS) is 13.7. The fourth-order valence-electron chi connectivity index (χ4n) is 3.80. The number of aromatic nitrogens is 1. The zero-order chi connectivity index (χ0) is 28.3. The van der Waals surface area contributed by atoms with E-state index in [-0.39, 0.29) is 20.8 Å². The van der Waals surface area contributed by atoms with Crippen LogP contribution in [0.15, 0.2) is 83.9 Å². The van der Waals surface area contributed by atoms with Gasteiger partial charge in [-0.25, -0.2) is 18.2 Å². The first-order valence-electron chi connectivity index (χ1n) is 12.2. The molecule has 0 radical (unpaired) electrons. The van der Waals surface area contributed by atoms with Gasteiger partial charge in [-0.05, 0) is 61.4 Å². The topological polar surface area (TPSA) is 141 Å². The third-order valence-electron chi connectivity index (χ3n) is 6.04. The minimum atomic E-state index is -3.38. The second-order valence-corrected chi connectivity index (χ2v) is 12.1. The number of hydrogen-bond acceptors (Lipinski definition) is 9. The minimum Gasteiger partial charge on any atom is -0.497 e. The molecule has 2 N–H and O–H groups in total. The summed E-state index contributed by atoms with van der Waals surface area (Å²) in [4.78, 5) is 28.9. The average molecular weight is 581 g/mol. The molecule has 1 atom stereocenters. The van der Waals surface area contributed by atoms with Crippen LogP contribution < -0.4 is 19.5 Å². The zero-order valence-corrected chi connectivity index (χ0v) is 22.8. The second kappa shape index (κ2) is 11.4. The van der Waals surface area contributed by atoms with Crippen molar-refractivity contribution in [3.63, 3.8) is 0 Å². The van der Waals surface area contributed by atoms with Gasteiger partial charge in [-0.1, -0.05) is 29.5 Å². The highest BCUT2D eigenvalue weighted by Crippen LogP contribution is 2.35. The molecule has 0 bridgehead atoms. The number of methoxy groups -OCH3 is 1. The van der Waals surface area contributed by atoms with Crippen molar-refractivity contribution in [2.24, 2.45) is 0 Å². The monoisotopic (exact) mass is 580 g/mol. The first kappa shape index (κ1) is 27.2. The number of hydrogen-bond donors (Lipinski definition) is 2. The Morgan fingerprint density at radius 1 is 1.00 bits per heavy atom. The standard InChI is InChI=1S/C28H24N2O8S2/c1-36-20-3-2-4-21(15-20)38-25(17-7-11-22(12-8-17)40(34,35)23-13-14-23)26(31)30-28-29-16-24(39-28)37-19-9-5-18(6-10-19)27(32)33/h2-12,15-16,23,25H,13-14H2,1H3,(H,32,33)(H,29,30,31). The van der Waals surface area contributed by atoms with Gasteiger partial charge in [-0.2, -0.15) is 0 Å². The summed E-state index contributed by atoms with van der Waals surface area (Å²) in [5.41, 5.74) is 0.575. The van der Waals surface area contributed by atoms with Crippen molar-refractivity contribution in [2.45, 2.75) is 29.1 Å². The Labute approximate surface area is 234 Å². The Morgan fingerprint density at radius 3 is 2.35 bits per heavy atom. The van der Waals surface area contributed by atoms with E-state index in [4.69, 9.17) is 19.3 Å². The van der Waals surface area contributed by atoms with Gasteiger partial charge >= 0.3 is 5.97 Å². The van der Waals surface area contributed by atoms with Crippen LogP contribution in [-0.2, 0) is 14.6 Å². The maximum absolute atomic E-state index is 13.4. The number of anilines is 1. The third kappa shape index (κ3) is 6.24. The number of carboxylic acid groups (broad SMARTS) is 1. The van der Waals surface area contributed by atoms with E-state index in [2.05, 4.69) is 10.3 Å². The molecule has 40 heavy (non-hydrogen) atoms. The molecule has 4 aromatic rings. The molecule has 5 rings (SSSR count). The molecular weight excluding hydrogens is 556 g/mol. The summed E-state index contributed by atoms with van der Waals surface area (Å²) in [5, 5.41) is 12.0. The Kier molecular flexibility index (Phi) is 7.71. The molecule has 1 heterocycles. The van der Waals surface area contributed by atoms with Crippen molar-refractivity contribution in [3.8, 4) is 22.3 Å². The number of sulfone groups is 1. The summed E-state index contributed by atoms with van der Waals surface area (Å²) in [6.45, 7) is 0. The number of carboxylic acids is 1. The van der Waals surface area contributed by atoms with Gasteiger partial charge in [0.2, 0.25) is 11.2 Å². The van der Waals surface area contributed by atoms with Crippen molar-refractivity contribution in [1.82, 2.24) is 4.98 Å². The van der Waals surface area contributed by atoms with Crippen molar-refractivity contribution in [3.05, 3.63) is 90.1 Å². The lowest BCUT2D eigenvalue weighted by Crippen LogP contribution is -2.25. The highest BCUT2D eigenvalue weighted by atomic mass is 32.2. The molecule has 1 amide bonds. The van der Waals surface area contributed by atoms with Gasteiger partial charge in [-0.3, -0.25) is 10.1 Å². The van der Waals surface area contributed by atoms with Gasteiger partial charge < -0.3 is 19.3 Å². The largest absolute Gasteiger partial charge is 0.497 e. The summed E-state index contributed by atoms with van der Waals surface area (Å²) in [7, 11) is -1.87. The predicted molar refractivity (Wildman–Crippen MR) is 147 cm³/mol. The minimum absolute atomic E-state index is 0.129. The quantitative estimate of drug-likeness (QED) is 0.241. The predicted octanol–water partition coefficient (Wildman–Crippen LogP) is 5.34. The van der Waals surface area contributed by atoms with Gasteiger partial charge in [0, 0.05) is 11.6 Å². The van der Waals surface area contributed by atoms with Crippen LogP contribution in [0.3, 0.4) is 0 Å². The van der Waals surface area contributed by atoms with E-state index < -0.39 is 27.8 Å². The summed E-state index contributed by atoms with van der Waals surface area (Å²) >= 11 is 1.07. The summed E-state index contributed by atoms with van der Waals surface area (Å²) in [6, 6.07) is 18.8. The van der Waals surface area contributed by atoms with Crippen LogP contribution in [0.2, 0.25) is 0 Å². The van der Waals surface area contributed by atoms with E-state index in [0.717, 1.165) is 11.3 Å². The molecule has 1 fully saturated rings. The highest BCUT2D eigenvalue weighted by Gasteiger charge is 2.37. The van der Waals surface area contributed by atoms with Crippen LogP contribution in [0.25, 0.3) is 0 Å². The maximum Gasteiger partial charge on any atom is 0.335 e. The molecule has 10 nitrogen and oxygen atoms in total. The number of ether oxygens (including phenoxy) is 3. The number of carbonyl (C=O) groups excluding carboxylic acids is 1. The number of carbonyl (C=O) groups is 2. The van der Waals surface area contributed by atoms with Crippen LogP contribution in [0.5, 0.6) is 22.3 Å². The summed E-state index contributed by atoms with van der Waals surface area (Å²) in [5.74, 6) is -0.249. The maximum atomic E-state index is 13.4. The van der Waals surface area contributed by atoms with E-state index in [1.165, 1.54) is 49.7 Å². The summed E-state index contributed by atoms with van der Waals surface area (Å²) in [6.07, 6.45) is 1.60. The Morgan fingerprint density at radius 2 is 1.70 bits per heavy atom.